The first-order valence-electron chi connectivity index (χ1n) is 7.93. The number of aryl methyl sites for hydroxylation is 1. The average Bonchev–Trinajstić information content (AvgIpc) is 2.58. The van der Waals surface area contributed by atoms with Crippen molar-refractivity contribution in [3.63, 3.8) is 0 Å². The number of hydrogen-bond donors (Lipinski definition) is 1. The summed E-state index contributed by atoms with van der Waals surface area (Å²) >= 11 is 1.52. The molecule has 1 N–H and O–H groups in total. The summed E-state index contributed by atoms with van der Waals surface area (Å²) < 4.78 is 3.33. The summed E-state index contributed by atoms with van der Waals surface area (Å²) in [7, 11) is 3.53. The number of nitrogens with one attached hydrogen (secondary N) is 1. The Balaban J connectivity index is 1.95. The minimum Gasteiger partial charge on any atom is -0.345 e. The largest absolute Gasteiger partial charge is 0.345 e. The monoisotopic (exact) mass is 328 g/mol. The molecule has 2 aromatic rings. The lowest BCUT2D eigenvalue weighted by Crippen LogP contribution is -2.21. The molecule has 0 aliphatic heterocycles. The van der Waals surface area contributed by atoms with E-state index in [-0.39, 0.29) is 5.91 Å². The fourth-order valence-electron chi connectivity index (χ4n) is 2.19. The summed E-state index contributed by atoms with van der Waals surface area (Å²) in [6.07, 6.45) is 3.59. The van der Waals surface area contributed by atoms with Gasteiger partial charge in [0, 0.05) is 30.2 Å². The Morgan fingerprint density at radius 2 is 1.87 bits per heavy atom. The molecule has 0 radical (unpaired) electrons. The molecule has 0 spiro atoms. The molecule has 0 unspecified atom stereocenters. The number of carbonyl (C=O) groups is 1. The van der Waals surface area contributed by atoms with Gasteiger partial charge in [0.2, 0.25) is 0 Å². The Labute approximate surface area is 143 Å². The predicted molar refractivity (Wildman–Crippen MR) is 99.0 cm³/mol. The molecule has 23 heavy (non-hydrogen) atoms. The number of carbonyl (C=O) groups excluding carboxylic acids is 1. The second-order valence-corrected chi connectivity index (χ2v) is 6.61. The zero-order valence-corrected chi connectivity index (χ0v) is 14.8. The van der Waals surface area contributed by atoms with Gasteiger partial charge in [0.15, 0.2) is 0 Å². The lowest BCUT2D eigenvalue weighted by atomic mass is 10.1. The molecule has 0 saturated carbocycles. The molecular weight excluding hydrogens is 304 g/mol. The Morgan fingerprint density at radius 3 is 2.52 bits per heavy atom. The Morgan fingerprint density at radius 1 is 1.13 bits per heavy atom. The summed E-state index contributed by atoms with van der Waals surface area (Å²) in [5, 5.41) is 0. The molecule has 4 heteroatoms. The van der Waals surface area contributed by atoms with Gasteiger partial charge in [0.25, 0.3) is 5.91 Å². The SMILES string of the molecule is CCCCc1ccc(NSc2cccc(C(=O)N(C)C)c2)cc1. The standard InChI is InChI=1S/C19H24N2OS/c1-4-5-7-15-10-12-17(13-11-15)20-23-18-9-6-8-16(14-18)19(22)21(2)3/h6,8-14,20H,4-5,7H2,1-3H3. The summed E-state index contributed by atoms with van der Waals surface area (Å²) in [6.45, 7) is 2.21. The molecule has 0 aromatic heterocycles. The molecular formula is C19H24N2OS. The van der Waals surface area contributed by atoms with Crippen molar-refractivity contribution in [2.75, 3.05) is 18.8 Å². The number of benzene rings is 2. The van der Waals surface area contributed by atoms with E-state index in [2.05, 4.69) is 35.9 Å². The fraction of sp³-hybridized carbons (Fsp3) is 0.316. The quantitative estimate of drug-likeness (QED) is 0.737. The van der Waals surface area contributed by atoms with Crippen molar-refractivity contribution in [2.24, 2.45) is 0 Å². The maximum Gasteiger partial charge on any atom is 0.253 e. The minimum absolute atomic E-state index is 0.0210. The van der Waals surface area contributed by atoms with Crippen LogP contribution in [0.5, 0.6) is 0 Å². The molecule has 0 aliphatic carbocycles. The van der Waals surface area contributed by atoms with Crippen molar-refractivity contribution in [1.29, 1.82) is 0 Å². The van der Waals surface area contributed by atoms with Crippen molar-refractivity contribution in [1.82, 2.24) is 4.90 Å². The summed E-state index contributed by atoms with van der Waals surface area (Å²) in [5.41, 5.74) is 3.15. The minimum atomic E-state index is 0.0210. The first-order chi connectivity index (χ1) is 11.1. The maximum atomic E-state index is 12.0. The highest BCUT2D eigenvalue weighted by Crippen LogP contribution is 2.23. The third-order valence-corrected chi connectivity index (χ3v) is 4.37. The number of nitrogens with zero attached hydrogens (tertiary/aromatic N) is 1. The molecule has 0 aliphatic rings. The number of rotatable bonds is 7. The van der Waals surface area contributed by atoms with E-state index in [9.17, 15) is 4.79 Å². The van der Waals surface area contributed by atoms with Crippen molar-refractivity contribution in [3.8, 4) is 0 Å². The maximum absolute atomic E-state index is 12.0. The van der Waals surface area contributed by atoms with Crippen molar-refractivity contribution in [2.45, 2.75) is 31.1 Å². The zero-order valence-electron chi connectivity index (χ0n) is 14.0. The highest BCUT2D eigenvalue weighted by Gasteiger charge is 2.08. The summed E-state index contributed by atoms with van der Waals surface area (Å²) in [6, 6.07) is 16.2. The number of amides is 1. The summed E-state index contributed by atoms with van der Waals surface area (Å²) in [4.78, 5) is 14.6. The first-order valence-corrected chi connectivity index (χ1v) is 8.75. The van der Waals surface area contributed by atoms with Crippen molar-refractivity contribution >= 4 is 23.5 Å². The van der Waals surface area contributed by atoms with E-state index in [0.29, 0.717) is 5.56 Å². The number of anilines is 1. The van der Waals surface area contributed by atoms with E-state index in [1.165, 1.54) is 30.4 Å². The first kappa shape index (κ1) is 17.4. The van der Waals surface area contributed by atoms with Gasteiger partial charge in [-0.2, -0.15) is 0 Å². The van der Waals surface area contributed by atoms with Crippen LogP contribution in [-0.4, -0.2) is 24.9 Å². The van der Waals surface area contributed by atoms with Crippen LogP contribution in [0, 0.1) is 0 Å². The van der Waals surface area contributed by atoms with Gasteiger partial charge in [-0.05, 0) is 60.7 Å². The zero-order chi connectivity index (χ0) is 16.7. The van der Waals surface area contributed by atoms with Crippen molar-refractivity contribution in [3.05, 3.63) is 59.7 Å². The number of unbranched alkanes of at least 4 members (excludes halogenated alkanes) is 1. The average molecular weight is 328 g/mol. The smallest absolute Gasteiger partial charge is 0.253 e. The van der Waals surface area contributed by atoms with Crippen LogP contribution in [0.2, 0.25) is 0 Å². The molecule has 2 aromatic carbocycles. The van der Waals surface area contributed by atoms with Crippen LogP contribution in [0.25, 0.3) is 0 Å². The third kappa shape index (κ3) is 5.32. The Hall–Kier alpha value is -1.94. The van der Waals surface area contributed by atoms with Gasteiger partial charge in [-0.25, -0.2) is 0 Å². The van der Waals surface area contributed by atoms with Gasteiger partial charge in [-0.3, -0.25) is 4.79 Å². The van der Waals surface area contributed by atoms with E-state index in [1.54, 1.807) is 19.0 Å². The van der Waals surface area contributed by atoms with Crippen LogP contribution in [0.4, 0.5) is 5.69 Å². The molecule has 3 nitrogen and oxygen atoms in total. The molecule has 0 fully saturated rings. The molecule has 0 heterocycles. The van der Waals surface area contributed by atoms with Crippen LogP contribution in [-0.2, 0) is 6.42 Å². The normalized spacial score (nSPS) is 10.4. The number of hydrogen-bond acceptors (Lipinski definition) is 3. The van der Waals surface area contributed by atoms with Gasteiger partial charge in [0.1, 0.15) is 0 Å². The van der Waals surface area contributed by atoms with Gasteiger partial charge >= 0.3 is 0 Å². The van der Waals surface area contributed by atoms with Crippen LogP contribution in [0.3, 0.4) is 0 Å². The van der Waals surface area contributed by atoms with Gasteiger partial charge in [-0.1, -0.05) is 31.5 Å². The second-order valence-electron chi connectivity index (χ2n) is 5.73. The van der Waals surface area contributed by atoms with E-state index >= 15 is 0 Å². The molecule has 0 saturated heterocycles. The molecule has 0 atom stereocenters. The van der Waals surface area contributed by atoms with E-state index < -0.39 is 0 Å². The van der Waals surface area contributed by atoms with Crippen LogP contribution in [0.1, 0.15) is 35.7 Å². The highest BCUT2D eigenvalue weighted by atomic mass is 32.2. The van der Waals surface area contributed by atoms with Gasteiger partial charge < -0.3 is 9.62 Å². The fourth-order valence-corrected chi connectivity index (χ4v) is 2.89. The molecule has 122 valence electrons. The predicted octanol–water partition coefficient (Wildman–Crippen LogP) is 4.85. The van der Waals surface area contributed by atoms with Crippen molar-refractivity contribution < 1.29 is 4.79 Å². The molecule has 0 bridgehead atoms. The molecule has 1 amide bonds. The van der Waals surface area contributed by atoms with E-state index in [1.807, 2.05) is 24.3 Å². The van der Waals surface area contributed by atoms with E-state index in [4.69, 9.17) is 0 Å². The van der Waals surface area contributed by atoms with Gasteiger partial charge in [0.05, 0.1) is 0 Å². The molecule has 2 rings (SSSR count). The van der Waals surface area contributed by atoms with E-state index in [0.717, 1.165) is 17.0 Å². The van der Waals surface area contributed by atoms with Crippen LogP contribution >= 0.6 is 11.9 Å². The summed E-state index contributed by atoms with van der Waals surface area (Å²) in [5.74, 6) is 0.0210. The topological polar surface area (TPSA) is 32.3 Å². The highest BCUT2D eigenvalue weighted by molar-refractivity contribution is 8.00. The Kier molecular flexibility index (Phi) is 6.53. The third-order valence-electron chi connectivity index (χ3n) is 3.55. The lowest BCUT2D eigenvalue weighted by Gasteiger charge is -2.11. The lowest BCUT2D eigenvalue weighted by molar-refractivity contribution is 0.0827. The van der Waals surface area contributed by atoms with Crippen LogP contribution in [0.15, 0.2) is 53.4 Å². The van der Waals surface area contributed by atoms with Gasteiger partial charge in [-0.15, -0.1) is 0 Å². The second kappa shape index (κ2) is 8.63. The Bertz CT molecular complexity index is 638. The van der Waals surface area contributed by atoms with Crippen LogP contribution < -0.4 is 4.72 Å².